The molecule has 0 radical (unpaired) electrons. The number of rotatable bonds is 8. The van der Waals surface area contributed by atoms with E-state index in [1.165, 1.54) is 0 Å². The van der Waals surface area contributed by atoms with E-state index < -0.39 is 18.3 Å². The number of amides is 1. The van der Waals surface area contributed by atoms with Gasteiger partial charge in [0.2, 0.25) is 11.8 Å². The molecule has 1 saturated carbocycles. The Bertz CT molecular complexity index is 1030. The van der Waals surface area contributed by atoms with Gasteiger partial charge in [-0.3, -0.25) is 9.78 Å². The number of aromatic nitrogens is 2. The number of nitrogens with zero attached hydrogens (tertiary/aromatic N) is 3. The van der Waals surface area contributed by atoms with E-state index in [0.717, 1.165) is 30.8 Å². The van der Waals surface area contributed by atoms with Gasteiger partial charge in [-0.1, -0.05) is 6.07 Å². The molecule has 1 amide bonds. The van der Waals surface area contributed by atoms with Crippen LogP contribution in [0.2, 0.25) is 0 Å². The third kappa shape index (κ3) is 7.75. The van der Waals surface area contributed by atoms with Gasteiger partial charge in [0.05, 0.1) is 6.20 Å². The van der Waals surface area contributed by atoms with E-state index in [2.05, 4.69) is 20.2 Å². The van der Waals surface area contributed by atoms with Crippen molar-refractivity contribution in [1.82, 2.24) is 20.2 Å². The molecule has 0 atom stereocenters. The fourth-order valence-electron chi connectivity index (χ4n) is 5.09. The first-order valence-corrected chi connectivity index (χ1v) is 12.7. The number of hydrogen-bond donors (Lipinski definition) is 1. The van der Waals surface area contributed by atoms with Gasteiger partial charge in [0.15, 0.2) is 0 Å². The van der Waals surface area contributed by atoms with Crippen molar-refractivity contribution in [3.63, 3.8) is 0 Å². The van der Waals surface area contributed by atoms with Crippen molar-refractivity contribution in [3.8, 4) is 0 Å². The minimum absolute atomic E-state index is 0.0391. The molecule has 4 rings (SSSR count). The lowest BCUT2D eigenvalue weighted by Crippen LogP contribution is -2.43. The highest BCUT2D eigenvalue weighted by molar-refractivity contribution is 5.77. The van der Waals surface area contributed by atoms with Crippen LogP contribution in [0.25, 0.3) is 0 Å². The molecular formula is C26H34F4N4O2. The van der Waals surface area contributed by atoms with Crippen LogP contribution >= 0.6 is 0 Å². The summed E-state index contributed by atoms with van der Waals surface area (Å²) in [7, 11) is 0. The molecule has 198 valence electrons. The van der Waals surface area contributed by atoms with Crippen LogP contribution in [-0.2, 0) is 30.5 Å². The first-order chi connectivity index (χ1) is 17.1. The van der Waals surface area contributed by atoms with Crippen molar-refractivity contribution in [3.05, 3.63) is 46.9 Å². The largest absolute Gasteiger partial charge is 0.445 e. The van der Waals surface area contributed by atoms with Crippen LogP contribution < -0.4 is 5.32 Å². The number of carbonyl (C=O) groups is 1. The van der Waals surface area contributed by atoms with Gasteiger partial charge >= 0.3 is 6.18 Å². The van der Waals surface area contributed by atoms with Gasteiger partial charge in [-0.05, 0) is 63.5 Å². The smallest absolute Gasteiger partial charge is 0.389 e. The summed E-state index contributed by atoms with van der Waals surface area (Å²) in [6.45, 7) is 3.91. The minimum Gasteiger partial charge on any atom is -0.445 e. The minimum atomic E-state index is -4.19. The second-order valence-electron chi connectivity index (χ2n) is 10.1. The molecule has 0 bridgehead atoms. The van der Waals surface area contributed by atoms with Crippen molar-refractivity contribution in [2.45, 2.75) is 89.0 Å². The summed E-state index contributed by atoms with van der Waals surface area (Å²) in [6.07, 6.45) is 0.386. The molecule has 36 heavy (non-hydrogen) atoms. The number of halogens is 4. The average Bonchev–Trinajstić information content (AvgIpc) is 3.11. The predicted molar refractivity (Wildman–Crippen MR) is 126 cm³/mol. The van der Waals surface area contributed by atoms with Crippen LogP contribution in [0.15, 0.2) is 22.7 Å². The summed E-state index contributed by atoms with van der Waals surface area (Å²) in [5.41, 5.74) is 1.16. The predicted octanol–water partition coefficient (Wildman–Crippen LogP) is 4.67. The molecule has 1 fully saturated rings. The Morgan fingerprint density at radius 3 is 2.67 bits per heavy atom. The Kier molecular flexibility index (Phi) is 8.32. The highest BCUT2D eigenvalue weighted by atomic mass is 19.4. The lowest BCUT2D eigenvalue weighted by Gasteiger charge is -2.35. The molecule has 2 aromatic rings. The molecule has 6 nitrogen and oxygen atoms in total. The lowest BCUT2D eigenvalue weighted by molar-refractivity contribution is -0.134. The maximum atomic E-state index is 15.5. The molecule has 1 N–H and O–H groups in total. The van der Waals surface area contributed by atoms with E-state index in [1.807, 2.05) is 6.07 Å². The Labute approximate surface area is 208 Å². The monoisotopic (exact) mass is 510 g/mol. The molecule has 0 unspecified atom stereocenters. The Hall–Kier alpha value is -2.49. The Morgan fingerprint density at radius 1 is 1.22 bits per heavy atom. The van der Waals surface area contributed by atoms with Gasteiger partial charge in [-0.25, -0.2) is 9.37 Å². The number of pyridine rings is 1. The van der Waals surface area contributed by atoms with Gasteiger partial charge < -0.3 is 14.6 Å². The zero-order chi connectivity index (χ0) is 25.8. The lowest BCUT2D eigenvalue weighted by atomic mass is 9.81. The summed E-state index contributed by atoms with van der Waals surface area (Å²) >= 11 is 0. The maximum absolute atomic E-state index is 15.5. The first kappa shape index (κ1) is 26.6. The van der Waals surface area contributed by atoms with Gasteiger partial charge in [0.1, 0.15) is 17.8 Å². The van der Waals surface area contributed by atoms with Crippen molar-refractivity contribution < 1.29 is 26.8 Å². The van der Waals surface area contributed by atoms with Crippen molar-refractivity contribution in [1.29, 1.82) is 0 Å². The molecule has 2 aliphatic rings. The molecule has 0 saturated heterocycles. The second-order valence-corrected chi connectivity index (χ2v) is 10.1. The fourth-order valence-corrected chi connectivity index (χ4v) is 5.09. The zero-order valence-electron chi connectivity index (χ0n) is 20.7. The normalized spacial score (nSPS) is 23.2. The fraction of sp³-hybridized carbons (Fsp3) is 0.654. The first-order valence-electron chi connectivity index (χ1n) is 12.7. The summed E-state index contributed by atoms with van der Waals surface area (Å²) in [5, 5.41) is 2.97. The SMILES string of the molecule is Cc1cnc(CC(=O)N[C@H]2CC[C@](F)(CCN3CCc4ccc(CCC(F)(F)F)nc4CC3)CC2)o1. The number of alkyl halides is 4. The molecule has 0 aromatic carbocycles. The Morgan fingerprint density at radius 2 is 1.97 bits per heavy atom. The molecular weight excluding hydrogens is 476 g/mol. The Balaban J connectivity index is 1.19. The highest BCUT2D eigenvalue weighted by Crippen LogP contribution is 2.35. The molecule has 3 heterocycles. The third-order valence-corrected chi connectivity index (χ3v) is 7.26. The van der Waals surface area contributed by atoms with E-state index in [1.54, 1.807) is 19.2 Å². The molecule has 10 heteroatoms. The summed E-state index contributed by atoms with van der Waals surface area (Å²) < 4.78 is 58.5. The van der Waals surface area contributed by atoms with Gasteiger partial charge in [-0.2, -0.15) is 13.2 Å². The number of nitrogens with one attached hydrogen (secondary N) is 1. The number of oxazole rings is 1. The van der Waals surface area contributed by atoms with Crippen molar-refractivity contribution in [2.75, 3.05) is 19.6 Å². The summed E-state index contributed by atoms with van der Waals surface area (Å²) in [5.74, 6) is 0.883. The van der Waals surface area contributed by atoms with E-state index in [4.69, 9.17) is 4.42 Å². The maximum Gasteiger partial charge on any atom is 0.389 e. The standard InChI is InChI=1S/C26H34F4N4O2/c1-18-17-31-24(36-18)16-23(35)33-21-4-9-25(27,10-5-21)12-15-34-13-7-19-2-3-20(6-11-26(28,29)30)32-22(19)8-14-34/h2-3,17,21H,4-16H2,1H3,(H,33,35)/t21-,25+. The number of carbonyl (C=O) groups excluding carboxylic acids is 1. The van der Waals surface area contributed by atoms with Crippen LogP contribution in [0.3, 0.4) is 0 Å². The van der Waals surface area contributed by atoms with Crippen LogP contribution in [-0.4, -0.2) is 58.3 Å². The molecule has 1 aliphatic carbocycles. The molecule has 2 aromatic heterocycles. The number of aryl methyl sites for hydroxylation is 2. The topological polar surface area (TPSA) is 71.3 Å². The quantitative estimate of drug-likeness (QED) is 0.523. The number of fused-ring (bicyclic) bond motifs is 1. The third-order valence-electron chi connectivity index (χ3n) is 7.26. The van der Waals surface area contributed by atoms with Crippen molar-refractivity contribution >= 4 is 5.91 Å². The van der Waals surface area contributed by atoms with E-state index in [9.17, 15) is 18.0 Å². The van der Waals surface area contributed by atoms with Crippen LogP contribution in [0.4, 0.5) is 17.6 Å². The average molecular weight is 511 g/mol. The summed E-state index contributed by atoms with van der Waals surface area (Å²) in [6, 6.07) is 3.55. The summed E-state index contributed by atoms with van der Waals surface area (Å²) in [4.78, 5) is 23.0. The molecule has 1 aliphatic heterocycles. The van der Waals surface area contributed by atoms with Crippen LogP contribution in [0, 0.1) is 6.92 Å². The molecule has 0 spiro atoms. The van der Waals surface area contributed by atoms with Crippen LogP contribution in [0.5, 0.6) is 0 Å². The van der Waals surface area contributed by atoms with Gasteiger partial charge in [-0.15, -0.1) is 0 Å². The zero-order valence-corrected chi connectivity index (χ0v) is 20.7. The van der Waals surface area contributed by atoms with Gasteiger partial charge in [0, 0.05) is 49.9 Å². The number of hydrogen-bond acceptors (Lipinski definition) is 5. The van der Waals surface area contributed by atoms with E-state index in [0.29, 0.717) is 62.4 Å². The van der Waals surface area contributed by atoms with E-state index >= 15 is 4.39 Å². The second kappa shape index (κ2) is 11.3. The van der Waals surface area contributed by atoms with Crippen molar-refractivity contribution in [2.24, 2.45) is 0 Å². The van der Waals surface area contributed by atoms with Crippen LogP contribution in [0.1, 0.15) is 67.1 Å². The highest BCUT2D eigenvalue weighted by Gasteiger charge is 2.36. The van der Waals surface area contributed by atoms with E-state index in [-0.39, 0.29) is 24.8 Å². The van der Waals surface area contributed by atoms with Gasteiger partial charge in [0.25, 0.3) is 0 Å².